The van der Waals surface area contributed by atoms with Crippen molar-refractivity contribution in [3.05, 3.63) is 29.8 Å². The predicted molar refractivity (Wildman–Crippen MR) is 74.5 cm³/mol. The lowest BCUT2D eigenvalue weighted by Crippen LogP contribution is -2.33. The number of carboxylic acids is 1. The highest BCUT2D eigenvalue weighted by Crippen LogP contribution is 2.26. The molecule has 1 amide bonds. The minimum absolute atomic E-state index is 0.0196. The van der Waals surface area contributed by atoms with Gasteiger partial charge in [0.25, 0.3) is 5.91 Å². The quantitative estimate of drug-likeness (QED) is 0.831. The SMILES string of the molecule is CSc1ccc(C(=O)N[C@H]2CC[C@@H](C(=O)O)C2)cc1. The Labute approximate surface area is 116 Å². The molecule has 0 unspecified atom stereocenters. The molecule has 0 saturated heterocycles. The van der Waals surface area contributed by atoms with Crippen LogP contribution in [0.5, 0.6) is 0 Å². The van der Waals surface area contributed by atoms with E-state index in [9.17, 15) is 9.59 Å². The molecule has 1 saturated carbocycles. The van der Waals surface area contributed by atoms with Crippen LogP contribution >= 0.6 is 11.8 Å². The van der Waals surface area contributed by atoms with Crippen LogP contribution in [0.25, 0.3) is 0 Å². The highest BCUT2D eigenvalue weighted by molar-refractivity contribution is 7.98. The minimum atomic E-state index is -0.763. The first-order valence-electron chi connectivity index (χ1n) is 6.28. The molecule has 4 nitrogen and oxygen atoms in total. The topological polar surface area (TPSA) is 66.4 Å². The number of carbonyl (C=O) groups excluding carboxylic acids is 1. The maximum absolute atomic E-state index is 12.0. The summed E-state index contributed by atoms with van der Waals surface area (Å²) in [5.74, 6) is -1.20. The first kappa shape index (κ1) is 13.9. The fourth-order valence-corrected chi connectivity index (χ4v) is 2.76. The van der Waals surface area contributed by atoms with Crippen LogP contribution in [0.2, 0.25) is 0 Å². The number of hydrogen-bond donors (Lipinski definition) is 2. The molecule has 5 heteroatoms. The summed E-state index contributed by atoms with van der Waals surface area (Å²) < 4.78 is 0. The van der Waals surface area contributed by atoms with Crippen LogP contribution in [0.3, 0.4) is 0 Å². The van der Waals surface area contributed by atoms with Gasteiger partial charge in [-0.25, -0.2) is 0 Å². The second kappa shape index (κ2) is 6.10. The molecule has 1 aliphatic rings. The number of hydrogen-bond acceptors (Lipinski definition) is 3. The van der Waals surface area contributed by atoms with Gasteiger partial charge in [-0.05, 0) is 49.8 Å². The van der Waals surface area contributed by atoms with E-state index < -0.39 is 5.97 Å². The average Bonchev–Trinajstić information content (AvgIpc) is 2.87. The van der Waals surface area contributed by atoms with Crippen molar-refractivity contribution < 1.29 is 14.7 Å². The van der Waals surface area contributed by atoms with Crippen LogP contribution in [0.1, 0.15) is 29.6 Å². The number of nitrogens with one attached hydrogen (secondary N) is 1. The van der Waals surface area contributed by atoms with Crippen LogP contribution in [0, 0.1) is 5.92 Å². The van der Waals surface area contributed by atoms with Gasteiger partial charge in [-0.3, -0.25) is 9.59 Å². The second-order valence-corrected chi connectivity index (χ2v) is 5.63. The molecule has 0 spiro atoms. The number of amides is 1. The lowest BCUT2D eigenvalue weighted by molar-refractivity contribution is -0.141. The Morgan fingerprint density at radius 3 is 2.47 bits per heavy atom. The van der Waals surface area contributed by atoms with Crippen molar-refractivity contribution >= 4 is 23.6 Å². The van der Waals surface area contributed by atoms with E-state index in [4.69, 9.17) is 5.11 Å². The Morgan fingerprint density at radius 2 is 1.95 bits per heavy atom. The van der Waals surface area contributed by atoms with E-state index in [1.807, 2.05) is 18.4 Å². The Kier molecular flexibility index (Phi) is 4.47. The predicted octanol–water partition coefficient (Wildman–Crippen LogP) is 2.39. The summed E-state index contributed by atoms with van der Waals surface area (Å²) in [7, 11) is 0. The highest BCUT2D eigenvalue weighted by Gasteiger charge is 2.30. The van der Waals surface area contributed by atoms with E-state index in [0.717, 1.165) is 11.3 Å². The van der Waals surface area contributed by atoms with Gasteiger partial charge in [-0.15, -0.1) is 11.8 Å². The molecule has 1 fully saturated rings. The molecule has 0 aliphatic heterocycles. The van der Waals surface area contributed by atoms with Crippen LogP contribution in [0.4, 0.5) is 0 Å². The molecular formula is C14H17NO3S. The van der Waals surface area contributed by atoms with Gasteiger partial charge in [0.1, 0.15) is 0 Å². The number of carboxylic acid groups (broad SMARTS) is 1. The van der Waals surface area contributed by atoms with Gasteiger partial charge in [0, 0.05) is 16.5 Å². The zero-order valence-corrected chi connectivity index (χ0v) is 11.6. The van der Waals surface area contributed by atoms with E-state index in [1.54, 1.807) is 23.9 Å². The molecule has 0 radical (unpaired) electrons. The largest absolute Gasteiger partial charge is 0.481 e. The summed E-state index contributed by atoms with van der Waals surface area (Å²) in [6.07, 6.45) is 3.90. The molecule has 2 rings (SSSR count). The number of thioether (sulfide) groups is 1. The lowest BCUT2D eigenvalue weighted by atomic mass is 10.1. The zero-order valence-electron chi connectivity index (χ0n) is 10.8. The highest BCUT2D eigenvalue weighted by atomic mass is 32.2. The Morgan fingerprint density at radius 1 is 1.26 bits per heavy atom. The van der Waals surface area contributed by atoms with Crippen LogP contribution in [-0.2, 0) is 4.79 Å². The standard InChI is InChI=1S/C14H17NO3S/c1-19-12-6-3-9(4-7-12)13(16)15-11-5-2-10(8-11)14(17)18/h3-4,6-7,10-11H,2,5,8H2,1H3,(H,15,16)(H,17,18)/t10-,11+/m1/s1. The first-order valence-corrected chi connectivity index (χ1v) is 7.50. The Bertz CT molecular complexity index is 472. The number of benzene rings is 1. The molecule has 2 atom stereocenters. The minimum Gasteiger partial charge on any atom is -0.481 e. The summed E-state index contributed by atoms with van der Waals surface area (Å²) in [6, 6.07) is 7.40. The molecule has 0 bridgehead atoms. The molecule has 19 heavy (non-hydrogen) atoms. The number of aliphatic carboxylic acids is 1. The molecule has 1 aliphatic carbocycles. The van der Waals surface area contributed by atoms with Crippen LogP contribution in [-0.4, -0.2) is 29.3 Å². The van der Waals surface area contributed by atoms with Gasteiger partial charge < -0.3 is 10.4 Å². The fourth-order valence-electron chi connectivity index (χ4n) is 2.35. The van der Waals surface area contributed by atoms with Gasteiger partial charge in [0.15, 0.2) is 0 Å². The molecular weight excluding hydrogens is 262 g/mol. The van der Waals surface area contributed by atoms with Crippen molar-refractivity contribution in [3.63, 3.8) is 0 Å². The molecule has 1 aromatic carbocycles. The molecule has 2 N–H and O–H groups in total. The Balaban J connectivity index is 1.92. The van der Waals surface area contributed by atoms with E-state index in [2.05, 4.69) is 5.32 Å². The molecule has 102 valence electrons. The fraction of sp³-hybridized carbons (Fsp3) is 0.429. The summed E-state index contributed by atoms with van der Waals surface area (Å²) in [4.78, 5) is 24.0. The van der Waals surface area contributed by atoms with Gasteiger partial charge in [-0.2, -0.15) is 0 Å². The normalized spacial score (nSPS) is 22.2. The van der Waals surface area contributed by atoms with Gasteiger partial charge in [0.05, 0.1) is 5.92 Å². The van der Waals surface area contributed by atoms with Crippen LogP contribution < -0.4 is 5.32 Å². The maximum atomic E-state index is 12.0. The molecule has 1 aromatic rings. The number of rotatable bonds is 4. The van der Waals surface area contributed by atoms with E-state index in [-0.39, 0.29) is 17.9 Å². The summed E-state index contributed by atoms with van der Waals surface area (Å²) in [5, 5.41) is 11.8. The van der Waals surface area contributed by atoms with Crippen molar-refractivity contribution in [2.24, 2.45) is 5.92 Å². The smallest absolute Gasteiger partial charge is 0.306 e. The van der Waals surface area contributed by atoms with Crippen LogP contribution in [0.15, 0.2) is 29.2 Å². The maximum Gasteiger partial charge on any atom is 0.306 e. The second-order valence-electron chi connectivity index (χ2n) is 4.75. The lowest BCUT2D eigenvalue weighted by Gasteiger charge is -2.12. The van der Waals surface area contributed by atoms with Crippen molar-refractivity contribution in [3.8, 4) is 0 Å². The number of carbonyl (C=O) groups is 2. The van der Waals surface area contributed by atoms with Crippen molar-refractivity contribution in [2.45, 2.75) is 30.2 Å². The summed E-state index contributed by atoms with van der Waals surface area (Å²) in [6.45, 7) is 0. The molecule has 0 heterocycles. The van der Waals surface area contributed by atoms with E-state index in [1.165, 1.54) is 0 Å². The van der Waals surface area contributed by atoms with Crippen molar-refractivity contribution in [2.75, 3.05) is 6.26 Å². The van der Waals surface area contributed by atoms with Crippen molar-refractivity contribution in [1.29, 1.82) is 0 Å². The third kappa shape index (κ3) is 3.50. The third-order valence-electron chi connectivity index (χ3n) is 3.47. The summed E-state index contributed by atoms with van der Waals surface area (Å²) in [5.41, 5.74) is 0.622. The third-order valence-corrected chi connectivity index (χ3v) is 4.21. The van der Waals surface area contributed by atoms with Gasteiger partial charge in [0.2, 0.25) is 0 Å². The Hall–Kier alpha value is -1.49. The molecule has 0 aromatic heterocycles. The van der Waals surface area contributed by atoms with E-state index >= 15 is 0 Å². The van der Waals surface area contributed by atoms with Crippen molar-refractivity contribution in [1.82, 2.24) is 5.32 Å². The average molecular weight is 279 g/mol. The van der Waals surface area contributed by atoms with E-state index in [0.29, 0.717) is 18.4 Å². The van der Waals surface area contributed by atoms with Gasteiger partial charge >= 0.3 is 5.97 Å². The monoisotopic (exact) mass is 279 g/mol. The van der Waals surface area contributed by atoms with Gasteiger partial charge in [-0.1, -0.05) is 0 Å². The summed E-state index contributed by atoms with van der Waals surface area (Å²) >= 11 is 1.63. The zero-order chi connectivity index (χ0) is 13.8. The first-order chi connectivity index (χ1) is 9.10.